The molecule has 0 saturated heterocycles. The molecule has 18 heavy (non-hydrogen) atoms. The van der Waals surface area contributed by atoms with Gasteiger partial charge in [0.25, 0.3) is 0 Å². The minimum atomic E-state index is 0. The van der Waals surface area contributed by atoms with Gasteiger partial charge in [-0.1, -0.05) is 38.2 Å². The first-order valence-corrected chi connectivity index (χ1v) is 6.07. The van der Waals surface area contributed by atoms with Crippen LogP contribution >= 0.6 is 0 Å². The molecule has 1 aliphatic rings. The third-order valence-electron chi connectivity index (χ3n) is 2.98. The molecule has 2 atom stereocenters. The summed E-state index contributed by atoms with van der Waals surface area (Å²) in [6, 6.07) is 8.70. The predicted molar refractivity (Wildman–Crippen MR) is 82.5 cm³/mol. The van der Waals surface area contributed by atoms with Crippen molar-refractivity contribution in [2.24, 2.45) is 5.92 Å². The molecule has 0 amide bonds. The van der Waals surface area contributed by atoms with Gasteiger partial charge in [0.2, 0.25) is 0 Å². The molecule has 0 bridgehead atoms. The zero-order chi connectivity index (χ0) is 10.0. The van der Waals surface area contributed by atoms with Crippen LogP contribution in [0.25, 0.3) is 0 Å². The van der Waals surface area contributed by atoms with Crippen molar-refractivity contribution in [2.75, 3.05) is 0 Å². The Labute approximate surface area is 131 Å². The van der Waals surface area contributed by atoms with Gasteiger partial charge in [0, 0.05) is 9.52 Å². The molecule has 2 heteroatoms. The summed E-state index contributed by atoms with van der Waals surface area (Å²) >= 11 is 0. The molecule has 0 spiro atoms. The van der Waals surface area contributed by atoms with Crippen molar-refractivity contribution in [3.8, 4) is 0 Å². The van der Waals surface area contributed by atoms with E-state index in [1.54, 1.807) is 0 Å². The van der Waals surface area contributed by atoms with E-state index in [1.807, 2.05) is 0 Å². The Bertz CT molecular complexity index is 351. The number of hydrogen-bond acceptors (Lipinski definition) is 0. The van der Waals surface area contributed by atoms with Crippen LogP contribution in [0.2, 0.25) is 5.04 Å². The van der Waals surface area contributed by atoms with Crippen LogP contribution in [0, 0.1) is 28.2 Å². The zero-order valence-corrected chi connectivity index (χ0v) is 15.3. The van der Waals surface area contributed by atoms with Gasteiger partial charge >= 0.3 is 21.1 Å². The van der Waals surface area contributed by atoms with E-state index in [9.17, 15) is 0 Å². The molecule has 0 aromatic heterocycles. The maximum absolute atomic E-state index is 2.35. The summed E-state index contributed by atoms with van der Waals surface area (Å²) in [6.45, 7) is 4.65. The molecule has 1 aliphatic carbocycles. The maximum Gasteiger partial charge on any atom is 4.00 e. The summed E-state index contributed by atoms with van der Waals surface area (Å²) < 4.78 is 0. The second-order valence-electron chi connectivity index (χ2n) is 4.11. The molecule has 2 radical (unpaired) electrons. The molecule has 2 rings (SSSR count). The van der Waals surface area contributed by atoms with Gasteiger partial charge in [-0.2, -0.15) is 17.3 Å². The average Bonchev–Trinajstić information content (AvgIpc) is 2.63. The van der Waals surface area contributed by atoms with Gasteiger partial charge < -0.3 is 22.3 Å². The molecule has 102 valence electrons. The Morgan fingerprint density at radius 1 is 1.06 bits per heavy atom. The van der Waals surface area contributed by atoms with Crippen LogP contribution < -0.4 is 5.19 Å². The fourth-order valence-corrected chi connectivity index (χ4v) is 3.25. The monoisotopic (exact) mass is 439 g/mol. The normalized spacial score (nSPS) is 24.0. The molecule has 2 unspecified atom stereocenters. The third kappa shape index (κ3) is 5.16. The van der Waals surface area contributed by atoms with Gasteiger partial charge in [0.1, 0.15) is 0 Å². The van der Waals surface area contributed by atoms with Gasteiger partial charge in [-0.15, -0.1) is 0 Å². The van der Waals surface area contributed by atoms with Crippen LogP contribution in [0.4, 0.5) is 0 Å². The molecule has 1 aromatic rings. The van der Waals surface area contributed by atoms with Gasteiger partial charge in [0.05, 0.1) is 0 Å². The Morgan fingerprint density at radius 2 is 1.61 bits per heavy atom. The molecule has 0 nitrogen and oxygen atoms in total. The fraction of sp³-hybridized carbons (Fsp3) is 0.250. The van der Waals surface area contributed by atoms with E-state index < -0.39 is 0 Å². The second kappa shape index (κ2) is 9.64. The molecular weight excluding hydrogens is 415 g/mol. The van der Waals surface area contributed by atoms with Crippen LogP contribution in [0.3, 0.4) is 0 Å². The van der Waals surface area contributed by atoms with Crippen molar-refractivity contribution in [3.05, 3.63) is 70.8 Å². The van der Waals surface area contributed by atoms with Gasteiger partial charge in [0.15, 0.2) is 0 Å². The van der Waals surface area contributed by atoms with E-state index in [-0.39, 0.29) is 43.3 Å². The summed E-state index contributed by atoms with van der Waals surface area (Å²) in [5, 5.41) is 1.79. The molecule has 0 aliphatic heterocycles. The van der Waals surface area contributed by atoms with Gasteiger partial charge in [-0.05, 0) is 11.0 Å². The molecule has 0 fully saturated rings. The largest absolute Gasteiger partial charge is 4.00 e. The van der Waals surface area contributed by atoms with Crippen LogP contribution in [-0.4, -0.2) is 9.52 Å². The SMILES string of the molecule is CC1C=CC=CC1(C)[Si][c-]1cccc1.[CH3-].[CH3-].[CH3-].[Pt+4]. The van der Waals surface area contributed by atoms with Crippen LogP contribution in [0.1, 0.15) is 13.8 Å². The quantitative estimate of drug-likeness (QED) is 0.482. The minimum absolute atomic E-state index is 0. The van der Waals surface area contributed by atoms with E-state index in [0.717, 1.165) is 9.52 Å². The van der Waals surface area contributed by atoms with E-state index >= 15 is 0 Å². The van der Waals surface area contributed by atoms with Crippen LogP contribution in [0.15, 0.2) is 48.6 Å². The first-order valence-electron chi connectivity index (χ1n) is 5.07. The number of hydrogen-bond donors (Lipinski definition) is 0. The van der Waals surface area contributed by atoms with E-state index in [4.69, 9.17) is 0 Å². The predicted octanol–water partition coefficient (Wildman–Crippen LogP) is 4.02. The average molecular weight is 440 g/mol. The van der Waals surface area contributed by atoms with Crippen molar-refractivity contribution in [3.63, 3.8) is 0 Å². The van der Waals surface area contributed by atoms with E-state index in [0.29, 0.717) is 11.0 Å². The van der Waals surface area contributed by atoms with Crippen molar-refractivity contribution in [1.29, 1.82) is 0 Å². The van der Waals surface area contributed by atoms with Gasteiger partial charge in [-0.3, -0.25) is 0 Å². The molecule has 1 aromatic carbocycles. The smallest absolute Gasteiger partial charge is 0.358 e. The first kappa shape index (κ1) is 22.9. The second-order valence-corrected chi connectivity index (χ2v) is 6.02. The van der Waals surface area contributed by atoms with Crippen molar-refractivity contribution < 1.29 is 21.1 Å². The molecule has 0 heterocycles. The fourth-order valence-electron chi connectivity index (χ4n) is 1.76. The molecular formula is C16H24PtSi. The van der Waals surface area contributed by atoms with Crippen molar-refractivity contribution >= 4 is 14.7 Å². The van der Waals surface area contributed by atoms with E-state index in [2.05, 4.69) is 62.4 Å². The Kier molecular flexibility index (Phi) is 12.2. The molecule has 0 saturated carbocycles. The van der Waals surface area contributed by atoms with Crippen LogP contribution in [0.5, 0.6) is 0 Å². The third-order valence-corrected chi connectivity index (χ3v) is 4.76. The molecule has 0 N–H and O–H groups in total. The summed E-state index contributed by atoms with van der Waals surface area (Å²) in [6.07, 6.45) is 8.98. The van der Waals surface area contributed by atoms with Crippen LogP contribution in [-0.2, 0) is 21.1 Å². The number of allylic oxidation sites excluding steroid dienone is 4. The Balaban J connectivity index is -0.000000562. The minimum Gasteiger partial charge on any atom is -0.358 e. The van der Waals surface area contributed by atoms with Gasteiger partial charge in [-0.25, -0.2) is 12.1 Å². The summed E-state index contributed by atoms with van der Waals surface area (Å²) in [5.41, 5.74) is 0. The summed E-state index contributed by atoms with van der Waals surface area (Å²) in [4.78, 5) is 0. The van der Waals surface area contributed by atoms with Crippen molar-refractivity contribution in [2.45, 2.75) is 18.9 Å². The maximum atomic E-state index is 2.35. The Hall–Kier alpha value is -0.265. The summed E-state index contributed by atoms with van der Waals surface area (Å²) in [7, 11) is 0.873. The first-order chi connectivity index (χ1) is 6.71. The Morgan fingerprint density at radius 3 is 2.11 bits per heavy atom. The van der Waals surface area contributed by atoms with Crippen molar-refractivity contribution in [1.82, 2.24) is 0 Å². The number of rotatable bonds is 2. The zero-order valence-electron chi connectivity index (χ0n) is 12.0. The topological polar surface area (TPSA) is 0 Å². The summed E-state index contributed by atoms with van der Waals surface area (Å²) in [5.74, 6) is 0.640. The van der Waals surface area contributed by atoms with E-state index in [1.165, 1.54) is 5.19 Å². The standard InChI is InChI=1S/C13H15Si.3CH3.Pt/c1-11-7-5-6-10-13(11,2)14-12-8-3-4-9-12;;;;/h3-11H,1-2H3;3*1H3;/q4*-1;+4.